The highest BCUT2D eigenvalue weighted by Crippen LogP contribution is 2.03. The van der Waals surface area contributed by atoms with Crippen molar-refractivity contribution in [3.8, 4) is 0 Å². The Morgan fingerprint density at radius 3 is 2.27 bits per heavy atom. The molecule has 0 heterocycles. The maximum Gasteiger partial charge on any atom is 0.142 e. The third-order valence-electron chi connectivity index (χ3n) is 1.04. The van der Waals surface area contributed by atoms with E-state index in [1.165, 1.54) is 6.92 Å². The first-order valence-electron chi connectivity index (χ1n) is 3.34. The molecule has 0 rings (SSSR count). The zero-order valence-electron chi connectivity index (χ0n) is 6.30. The van der Waals surface area contributed by atoms with Crippen LogP contribution in [0.15, 0.2) is 0 Å². The van der Waals surface area contributed by atoms with Gasteiger partial charge < -0.3 is 0 Å². The molecular formula is C6H12F3NS. The van der Waals surface area contributed by atoms with Crippen LogP contribution in [0.5, 0.6) is 0 Å². The predicted molar refractivity (Wildman–Crippen MR) is 42.0 cm³/mol. The van der Waals surface area contributed by atoms with E-state index in [1.54, 1.807) is 0 Å². The fourth-order valence-electron chi connectivity index (χ4n) is 0.642. The fourth-order valence-corrected chi connectivity index (χ4v) is 1.04. The van der Waals surface area contributed by atoms with Crippen LogP contribution in [0.25, 0.3) is 0 Å². The zero-order valence-corrected chi connectivity index (χ0v) is 7.20. The molecule has 0 amide bonds. The Morgan fingerprint density at radius 2 is 1.91 bits per heavy atom. The zero-order chi connectivity index (χ0) is 8.85. The minimum Gasteiger partial charge on any atom is -0.248 e. The molecule has 0 aliphatic carbocycles. The average molecular weight is 187 g/mol. The summed E-state index contributed by atoms with van der Waals surface area (Å²) in [6.07, 6.45) is -2.63. The van der Waals surface area contributed by atoms with Crippen molar-refractivity contribution in [2.75, 3.05) is 19.8 Å². The number of halogens is 3. The van der Waals surface area contributed by atoms with Crippen molar-refractivity contribution < 1.29 is 13.2 Å². The smallest absolute Gasteiger partial charge is 0.142 e. The first-order valence-corrected chi connectivity index (χ1v) is 3.74. The van der Waals surface area contributed by atoms with Crippen LogP contribution in [0.1, 0.15) is 6.92 Å². The molecule has 1 nitrogen and oxygen atoms in total. The molecule has 68 valence electrons. The number of nitrogens with zero attached hydrogens (tertiary/aromatic N) is 1. The largest absolute Gasteiger partial charge is 0.248 e. The molecule has 2 atom stereocenters. The molecule has 0 spiro atoms. The standard InChI is InChI=1S/C6H12F3NS/c1-5(8)3-10(11)4-6(9)2-7/h5-6,11H,2-4H2,1H3. The molecule has 0 saturated carbocycles. The topological polar surface area (TPSA) is 3.24 Å². The van der Waals surface area contributed by atoms with Crippen molar-refractivity contribution in [3.63, 3.8) is 0 Å². The summed E-state index contributed by atoms with van der Waals surface area (Å²) in [5, 5.41) is 0. The highest BCUT2D eigenvalue weighted by Gasteiger charge is 2.12. The maximum atomic E-state index is 12.2. The molecule has 0 bridgehead atoms. The lowest BCUT2D eigenvalue weighted by atomic mass is 10.4. The van der Waals surface area contributed by atoms with E-state index in [2.05, 4.69) is 12.8 Å². The molecule has 0 aromatic carbocycles. The summed E-state index contributed by atoms with van der Waals surface area (Å²) >= 11 is 3.75. The summed E-state index contributed by atoms with van der Waals surface area (Å²) in [7, 11) is 0. The van der Waals surface area contributed by atoms with E-state index in [9.17, 15) is 13.2 Å². The van der Waals surface area contributed by atoms with Crippen molar-refractivity contribution in [3.05, 3.63) is 0 Å². The Balaban J connectivity index is 3.43. The number of hydrogen-bond donors (Lipinski definition) is 1. The van der Waals surface area contributed by atoms with Crippen LogP contribution < -0.4 is 0 Å². The third kappa shape index (κ3) is 6.50. The van der Waals surface area contributed by atoms with Crippen molar-refractivity contribution >= 4 is 12.8 Å². The molecule has 0 aromatic heterocycles. The first-order chi connectivity index (χ1) is 5.06. The average Bonchev–Trinajstić information content (AvgIpc) is 1.85. The van der Waals surface area contributed by atoms with Gasteiger partial charge in [-0.25, -0.2) is 17.5 Å². The fraction of sp³-hybridized carbons (Fsp3) is 1.00. The second-order valence-corrected chi connectivity index (χ2v) is 2.97. The van der Waals surface area contributed by atoms with Gasteiger partial charge in [-0.1, -0.05) is 12.8 Å². The van der Waals surface area contributed by atoms with Crippen LogP contribution in [0.3, 0.4) is 0 Å². The number of hydrogen-bond acceptors (Lipinski definition) is 2. The quantitative estimate of drug-likeness (QED) is 0.642. The molecule has 11 heavy (non-hydrogen) atoms. The molecule has 0 N–H and O–H groups in total. The summed E-state index contributed by atoms with van der Waals surface area (Å²) in [6, 6.07) is 0. The van der Waals surface area contributed by atoms with E-state index in [0.29, 0.717) is 0 Å². The molecule has 0 aliphatic rings. The number of thiol groups is 1. The SMILES string of the molecule is CC(F)CN(S)CC(F)CF. The van der Waals surface area contributed by atoms with E-state index >= 15 is 0 Å². The monoisotopic (exact) mass is 187 g/mol. The minimum absolute atomic E-state index is 0.0174. The first kappa shape index (κ1) is 11.1. The molecule has 0 fully saturated rings. The van der Waals surface area contributed by atoms with Crippen LogP contribution in [0.4, 0.5) is 13.2 Å². The second-order valence-electron chi connectivity index (χ2n) is 2.40. The van der Waals surface area contributed by atoms with Crippen LogP contribution in [-0.2, 0) is 0 Å². The van der Waals surface area contributed by atoms with Gasteiger partial charge in [0.25, 0.3) is 0 Å². The highest BCUT2D eigenvalue weighted by molar-refractivity contribution is 7.77. The van der Waals surface area contributed by atoms with E-state index in [-0.39, 0.29) is 13.1 Å². The van der Waals surface area contributed by atoms with Crippen LogP contribution in [0.2, 0.25) is 0 Å². The summed E-state index contributed by atoms with van der Waals surface area (Å²) in [5.41, 5.74) is 0. The molecule has 2 unspecified atom stereocenters. The second kappa shape index (κ2) is 5.71. The minimum atomic E-state index is -1.56. The van der Waals surface area contributed by atoms with Gasteiger partial charge in [0.1, 0.15) is 19.0 Å². The van der Waals surface area contributed by atoms with Gasteiger partial charge in [0.15, 0.2) is 0 Å². The van der Waals surface area contributed by atoms with Gasteiger partial charge in [0, 0.05) is 13.1 Å². The van der Waals surface area contributed by atoms with Crippen molar-refractivity contribution in [1.29, 1.82) is 0 Å². The summed E-state index contributed by atoms with van der Waals surface area (Å²) in [4.78, 5) is 0. The molecule has 0 saturated heterocycles. The number of rotatable bonds is 5. The van der Waals surface area contributed by atoms with Gasteiger partial charge in [-0.2, -0.15) is 0 Å². The lowest BCUT2D eigenvalue weighted by Gasteiger charge is -2.16. The summed E-state index contributed by atoms with van der Waals surface area (Å²) in [5.74, 6) is 0. The van der Waals surface area contributed by atoms with Crippen molar-refractivity contribution in [2.24, 2.45) is 0 Å². The highest BCUT2D eigenvalue weighted by atomic mass is 32.1. The third-order valence-corrected chi connectivity index (χ3v) is 1.37. The van der Waals surface area contributed by atoms with E-state index in [0.717, 1.165) is 4.31 Å². The molecular weight excluding hydrogens is 175 g/mol. The van der Waals surface area contributed by atoms with Crippen LogP contribution >= 0.6 is 12.8 Å². The molecule has 0 radical (unpaired) electrons. The summed E-state index contributed by atoms with van der Waals surface area (Å²) in [6.45, 7) is 0.140. The predicted octanol–water partition coefficient (Wildman–Crippen LogP) is 1.80. The lowest BCUT2D eigenvalue weighted by molar-refractivity contribution is 0.205. The lowest BCUT2D eigenvalue weighted by Crippen LogP contribution is -2.28. The van der Waals surface area contributed by atoms with E-state index in [4.69, 9.17) is 0 Å². The normalized spacial score (nSPS) is 16.9. The molecule has 0 aliphatic heterocycles. The Bertz CT molecular complexity index is 102. The van der Waals surface area contributed by atoms with Crippen molar-refractivity contribution in [2.45, 2.75) is 19.3 Å². The van der Waals surface area contributed by atoms with E-state index < -0.39 is 19.0 Å². The van der Waals surface area contributed by atoms with Gasteiger partial charge in [0.05, 0.1) is 0 Å². The Kier molecular flexibility index (Phi) is 5.76. The van der Waals surface area contributed by atoms with Crippen LogP contribution in [0, 0.1) is 0 Å². The van der Waals surface area contributed by atoms with E-state index in [1.807, 2.05) is 0 Å². The maximum absolute atomic E-state index is 12.2. The number of alkyl halides is 3. The Hall–Kier alpha value is 0.1000. The van der Waals surface area contributed by atoms with Gasteiger partial charge in [-0.3, -0.25) is 0 Å². The van der Waals surface area contributed by atoms with Gasteiger partial charge >= 0.3 is 0 Å². The van der Waals surface area contributed by atoms with Gasteiger partial charge in [-0.15, -0.1) is 0 Å². The Labute approximate surface area is 70.1 Å². The molecule has 0 aromatic rings. The van der Waals surface area contributed by atoms with Gasteiger partial charge in [0.2, 0.25) is 0 Å². The van der Waals surface area contributed by atoms with Crippen LogP contribution in [-0.4, -0.2) is 36.4 Å². The summed E-state index contributed by atoms with van der Waals surface area (Å²) < 4.78 is 37.1. The molecule has 5 heteroatoms. The van der Waals surface area contributed by atoms with Crippen molar-refractivity contribution in [1.82, 2.24) is 4.31 Å². The Morgan fingerprint density at radius 1 is 1.36 bits per heavy atom. The van der Waals surface area contributed by atoms with Gasteiger partial charge in [-0.05, 0) is 6.92 Å².